The summed E-state index contributed by atoms with van der Waals surface area (Å²) in [5, 5.41) is 0. The van der Waals surface area contributed by atoms with E-state index in [0.717, 1.165) is 6.42 Å². The maximum atomic E-state index is 12.7. The highest BCUT2D eigenvalue weighted by Gasteiger charge is 2.29. The quantitative estimate of drug-likeness (QED) is 0.805. The van der Waals surface area contributed by atoms with Crippen LogP contribution in [-0.2, 0) is 10.0 Å². The van der Waals surface area contributed by atoms with Crippen LogP contribution in [0, 0.1) is 0 Å². The molecule has 0 N–H and O–H groups in total. The van der Waals surface area contributed by atoms with Crippen molar-refractivity contribution < 1.29 is 22.7 Å². The van der Waals surface area contributed by atoms with Crippen LogP contribution in [0.3, 0.4) is 0 Å². The van der Waals surface area contributed by atoms with Gasteiger partial charge in [-0.1, -0.05) is 0 Å². The largest absolute Gasteiger partial charge is 0.490 e. The fraction of sp³-hybridized carbons (Fsp3) is 0.588. The molecule has 8 heteroatoms. The van der Waals surface area contributed by atoms with Crippen molar-refractivity contribution in [2.24, 2.45) is 0 Å². The van der Waals surface area contributed by atoms with Gasteiger partial charge in [0.2, 0.25) is 10.0 Å². The van der Waals surface area contributed by atoms with Crippen molar-refractivity contribution in [1.29, 1.82) is 0 Å². The van der Waals surface area contributed by atoms with Gasteiger partial charge in [-0.3, -0.25) is 4.79 Å². The van der Waals surface area contributed by atoms with Gasteiger partial charge in [-0.05, 0) is 31.0 Å². The summed E-state index contributed by atoms with van der Waals surface area (Å²) >= 11 is 0. The molecule has 0 bridgehead atoms. The van der Waals surface area contributed by atoms with Crippen LogP contribution in [-0.4, -0.2) is 69.2 Å². The molecule has 7 nitrogen and oxygen atoms in total. The van der Waals surface area contributed by atoms with Gasteiger partial charge in [0.15, 0.2) is 11.5 Å². The summed E-state index contributed by atoms with van der Waals surface area (Å²) in [4.78, 5) is 14.5. The Labute approximate surface area is 148 Å². The number of piperidine rings is 1. The molecule has 0 unspecified atom stereocenters. The smallest absolute Gasteiger partial charge is 0.253 e. The summed E-state index contributed by atoms with van der Waals surface area (Å²) in [7, 11) is -1.61. The molecule has 0 aliphatic carbocycles. The Morgan fingerprint density at radius 2 is 1.80 bits per heavy atom. The third-order valence-electron chi connectivity index (χ3n) is 4.78. The number of sulfonamides is 1. The predicted molar refractivity (Wildman–Crippen MR) is 93.6 cm³/mol. The van der Waals surface area contributed by atoms with E-state index in [0.29, 0.717) is 56.2 Å². The Bertz CT molecular complexity index is 741. The van der Waals surface area contributed by atoms with E-state index in [1.807, 2.05) is 0 Å². The van der Waals surface area contributed by atoms with E-state index in [1.165, 1.54) is 10.6 Å². The zero-order chi connectivity index (χ0) is 18.0. The maximum absolute atomic E-state index is 12.7. The molecule has 3 rings (SSSR count). The lowest BCUT2D eigenvalue weighted by Crippen LogP contribution is -2.47. The number of likely N-dealkylation sites (tertiary alicyclic amines) is 1. The van der Waals surface area contributed by atoms with E-state index in [9.17, 15) is 13.2 Å². The van der Waals surface area contributed by atoms with E-state index < -0.39 is 10.0 Å². The van der Waals surface area contributed by atoms with Gasteiger partial charge in [0.05, 0.1) is 19.5 Å². The lowest BCUT2D eigenvalue weighted by atomic mass is 10.0. The number of hydrogen-bond donors (Lipinski definition) is 0. The number of hydrogen-bond acceptors (Lipinski definition) is 5. The topological polar surface area (TPSA) is 76.2 Å². The first kappa shape index (κ1) is 18.0. The van der Waals surface area contributed by atoms with Crippen LogP contribution >= 0.6 is 0 Å². The van der Waals surface area contributed by atoms with Crippen LogP contribution in [0.2, 0.25) is 0 Å². The van der Waals surface area contributed by atoms with Gasteiger partial charge in [0, 0.05) is 38.2 Å². The van der Waals surface area contributed by atoms with Crippen LogP contribution in [0.1, 0.15) is 29.6 Å². The average Bonchev–Trinajstić information content (AvgIpc) is 2.84. The molecule has 1 aromatic rings. The predicted octanol–water partition coefficient (Wildman–Crippen LogP) is 1.34. The third kappa shape index (κ3) is 4.07. The normalized spacial score (nSPS) is 18.9. The summed E-state index contributed by atoms with van der Waals surface area (Å²) in [5.74, 6) is 1.22. The molecule has 2 aliphatic rings. The first-order valence-electron chi connectivity index (χ1n) is 8.48. The van der Waals surface area contributed by atoms with Crippen molar-refractivity contribution in [2.45, 2.75) is 25.3 Å². The van der Waals surface area contributed by atoms with Crippen LogP contribution in [0.25, 0.3) is 0 Å². The van der Waals surface area contributed by atoms with Crippen molar-refractivity contribution >= 4 is 15.9 Å². The molecular weight excluding hydrogens is 344 g/mol. The fourth-order valence-corrected chi connectivity index (χ4v) is 3.93. The Kier molecular flexibility index (Phi) is 5.19. The Balaban J connectivity index is 1.66. The van der Waals surface area contributed by atoms with Crippen LogP contribution in [0.4, 0.5) is 0 Å². The number of carbonyl (C=O) groups excluding carboxylic acids is 1. The summed E-state index contributed by atoms with van der Waals surface area (Å²) in [6.07, 6.45) is 3.31. The lowest BCUT2D eigenvalue weighted by Gasteiger charge is -2.35. The summed E-state index contributed by atoms with van der Waals surface area (Å²) in [5.41, 5.74) is 0.569. The van der Waals surface area contributed by atoms with Crippen LogP contribution in [0.5, 0.6) is 11.5 Å². The molecule has 138 valence electrons. The van der Waals surface area contributed by atoms with Crippen molar-refractivity contribution in [2.75, 3.05) is 39.6 Å². The molecule has 0 radical (unpaired) electrons. The second kappa shape index (κ2) is 7.21. The van der Waals surface area contributed by atoms with Crippen LogP contribution in [0.15, 0.2) is 18.2 Å². The van der Waals surface area contributed by atoms with E-state index in [-0.39, 0.29) is 11.9 Å². The molecule has 1 saturated heterocycles. The number of benzene rings is 1. The molecule has 2 heterocycles. The molecule has 0 spiro atoms. The number of ether oxygens (including phenoxy) is 2. The van der Waals surface area contributed by atoms with E-state index in [2.05, 4.69) is 0 Å². The van der Waals surface area contributed by atoms with Crippen molar-refractivity contribution in [3.8, 4) is 11.5 Å². The van der Waals surface area contributed by atoms with Gasteiger partial charge in [-0.15, -0.1) is 0 Å². The Morgan fingerprint density at radius 1 is 1.16 bits per heavy atom. The maximum Gasteiger partial charge on any atom is 0.253 e. The number of fused-ring (bicyclic) bond motifs is 1. The molecule has 1 amide bonds. The minimum absolute atomic E-state index is 0.0529. The highest BCUT2D eigenvalue weighted by molar-refractivity contribution is 7.88. The van der Waals surface area contributed by atoms with Crippen molar-refractivity contribution in [3.63, 3.8) is 0 Å². The standard InChI is InChI=1S/C17H24N2O5S/c1-18(25(2,21)22)14-6-8-19(9-7-14)17(20)13-4-5-15-16(12-13)24-11-3-10-23-15/h4-5,12,14H,3,6-11H2,1-2H3. The number of amides is 1. The zero-order valence-corrected chi connectivity index (χ0v) is 15.4. The average molecular weight is 368 g/mol. The highest BCUT2D eigenvalue weighted by atomic mass is 32.2. The van der Waals surface area contributed by atoms with Gasteiger partial charge in [-0.2, -0.15) is 0 Å². The molecule has 1 fully saturated rings. The Morgan fingerprint density at radius 3 is 2.44 bits per heavy atom. The van der Waals surface area contributed by atoms with E-state index in [1.54, 1.807) is 30.1 Å². The molecule has 2 aliphatic heterocycles. The molecular formula is C17H24N2O5S. The zero-order valence-electron chi connectivity index (χ0n) is 14.6. The molecule has 1 aromatic carbocycles. The van der Waals surface area contributed by atoms with Crippen molar-refractivity contribution in [1.82, 2.24) is 9.21 Å². The number of carbonyl (C=O) groups is 1. The number of rotatable bonds is 3. The summed E-state index contributed by atoms with van der Waals surface area (Å²) in [6.45, 7) is 2.27. The monoisotopic (exact) mass is 368 g/mol. The van der Waals surface area contributed by atoms with E-state index in [4.69, 9.17) is 9.47 Å². The lowest BCUT2D eigenvalue weighted by molar-refractivity contribution is 0.0686. The summed E-state index contributed by atoms with van der Waals surface area (Å²) < 4.78 is 35.9. The number of nitrogens with zero attached hydrogens (tertiary/aromatic N) is 2. The Hall–Kier alpha value is -1.80. The molecule has 25 heavy (non-hydrogen) atoms. The summed E-state index contributed by atoms with van der Waals surface area (Å²) in [6, 6.07) is 5.21. The van der Waals surface area contributed by atoms with Gasteiger partial charge in [0.1, 0.15) is 0 Å². The first-order valence-corrected chi connectivity index (χ1v) is 10.3. The van der Waals surface area contributed by atoms with Gasteiger partial charge in [-0.25, -0.2) is 12.7 Å². The van der Waals surface area contributed by atoms with E-state index >= 15 is 0 Å². The van der Waals surface area contributed by atoms with Gasteiger partial charge < -0.3 is 14.4 Å². The van der Waals surface area contributed by atoms with Gasteiger partial charge >= 0.3 is 0 Å². The molecule has 0 atom stereocenters. The fourth-order valence-electron chi connectivity index (χ4n) is 3.18. The second-order valence-electron chi connectivity index (χ2n) is 6.51. The third-order valence-corrected chi connectivity index (χ3v) is 6.13. The second-order valence-corrected chi connectivity index (χ2v) is 8.56. The van der Waals surface area contributed by atoms with Gasteiger partial charge in [0.25, 0.3) is 5.91 Å². The minimum atomic E-state index is -3.21. The first-order chi connectivity index (χ1) is 11.9. The SMILES string of the molecule is CN(C1CCN(C(=O)c2ccc3c(c2)OCCCO3)CC1)S(C)(=O)=O. The van der Waals surface area contributed by atoms with Crippen molar-refractivity contribution in [3.05, 3.63) is 23.8 Å². The minimum Gasteiger partial charge on any atom is -0.490 e. The molecule has 0 aromatic heterocycles. The van der Waals surface area contributed by atoms with Crippen LogP contribution < -0.4 is 9.47 Å². The highest BCUT2D eigenvalue weighted by Crippen LogP contribution is 2.31. The molecule has 0 saturated carbocycles.